The Balaban J connectivity index is 1.48. The van der Waals surface area contributed by atoms with Gasteiger partial charge in [0.25, 0.3) is 5.91 Å². The lowest BCUT2D eigenvalue weighted by Crippen LogP contribution is -2.39. The molecule has 2 aromatic carbocycles. The molecule has 0 saturated carbocycles. The van der Waals surface area contributed by atoms with Crippen LogP contribution in [0.25, 0.3) is 0 Å². The van der Waals surface area contributed by atoms with Crippen LogP contribution in [0.2, 0.25) is 0 Å². The van der Waals surface area contributed by atoms with E-state index in [0.717, 1.165) is 22.5 Å². The van der Waals surface area contributed by atoms with Crippen molar-refractivity contribution < 1.29 is 24.3 Å². The van der Waals surface area contributed by atoms with Crippen molar-refractivity contribution in [1.29, 1.82) is 0 Å². The first-order chi connectivity index (χ1) is 17.3. The van der Waals surface area contributed by atoms with Crippen LogP contribution >= 0.6 is 11.3 Å². The summed E-state index contributed by atoms with van der Waals surface area (Å²) in [5.41, 5.74) is 8.04. The molecule has 1 heterocycles. The van der Waals surface area contributed by atoms with E-state index >= 15 is 0 Å². The van der Waals surface area contributed by atoms with Crippen LogP contribution in [-0.4, -0.2) is 35.5 Å². The first-order valence-electron chi connectivity index (χ1n) is 11.1. The van der Waals surface area contributed by atoms with Crippen LogP contribution in [0.1, 0.15) is 38.8 Å². The van der Waals surface area contributed by atoms with Crippen molar-refractivity contribution in [3.8, 4) is 0 Å². The molecule has 3 rings (SSSR count). The molecule has 0 fully saturated rings. The number of nitrogens with one attached hydrogen (secondary N) is 4. The SMILES string of the molecule is NCc1ccc(C(CC(=O)O)NC(=O)CNC(=O)c2ccc(NC(=O)NCc3ccccc3)s2)cc1. The van der Waals surface area contributed by atoms with Crippen LogP contribution in [0.4, 0.5) is 9.80 Å². The van der Waals surface area contributed by atoms with Crippen LogP contribution < -0.4 is 27.0 Å². The Morgan fingerprint density at radius 3 is 2.28 bits per heavy atom. The molecule has 188 valence electrons. The Kier molecular flexibility index (Phi) is 9.55. The number of aliphatic carboxylic acids is 1. The minimum atomic E-state index is -1.07. The highest BCUT2D eigenvalue weighted by atomic mass is 32.1. The van der Waals surface area contributed by atoms with Crippen molar-refractivity contribution in [2.45, 2.75) is 25.6 Å². The maximum absolute atomic E-state index is 12.4. The molecule has 0 radical (unpaired) electrons. The van der Waals surface area contributed by atoms with Crippen LogP contribution in [0.15, 0.2) is 66.7 Å². The number of carboxylic acid groups (broad SMARTS) is 1. The van der Waals surface area contributed by atoms with Gasteiger partial charge in [0, 0.05) is 13.1 Å². The van der Waals surface area contributed by atoms with Gasteiger partial charge in [0.05, 0.1) is 28.9 Å². The van der Waals surface area contributed by atoms with Crippen molar-refractivity contribution in [3.05, 3.63) is 88.3 Å². The van der Waals surface area contributed by atoms with Crippen molar-refractivity contribution in [3.63, 3.8) is 0 Å². The van der Waals surface area contributed by atoms with Crippen LogP contribution in [0.5, 0.6) is 0 Å². The van der Waals surface area contributed by atoms with Gasteiger partial charge in [0.1, 0.15) is 0 Å². The normalized spacial score (nSPS) is 11.2. The summed E-state index contributed by atoms with van der Waals surface area (Å²) in [7, 11) is 0. The van der Waals surface area contributed by atoms with Gasteiger partial charge in [-0.1, -0.05) is 54.6 Å². The van der Waals surface area contributed by atoms with E-state index in [1.54, 1.807) is 30.3 Å². The van der Waals surface area contributed by atoms with E-state index in [-0.39, 0.29) is 13.0 Å². The van der Waals surface area contributed by atoms with E-state index in [1.165, 1.54) is 6.07 Å². The average Bonchev–Trinajstić information content (AvgIpc) is 3.34. The monoisotopic (exact) mass is 509 g/mol. The Morgan fingerprint density at radius 1 is 0.889 bits per heavy atom. The van der Waals surface area contributed by atoms with Crippen LogP contribution in [0, 0.1) is 0 Å². The molecule has 36 heavy (non-hydrogen) atoms. The second-order valence-electron chi connectivity index (χ2n) is 7.80. The molecule has 0 spiro atoms. The second-order valence-corrected chi connectivity index (χ2v) is 8.89. The third-order valence-corrected chi connectivity index (χ3v) is 6.10. The minimum absolute atomic E-state index is 0.306. The maximum atomic E-state index is 12.4. The lowest BCUT2D eigenvalue weighted by atomic mass is 10.0. The number of anilines is 1. The first-order valence-corrected chi connectivity index (χ1v) is 11.9. The molecular weight excluding hydrogens is 482 g/mol. The van der Waals surface area contributed by atoms with Gasteiger partial charge < -0.3 is 26.8 Å². The molecule has 3 aromatic rings. The predicted octanol–water partition coefficient (Wildman–Crippen LogP) is 2.59. The Morgan fingerprint density at radius 2 is 1.61 bits per heavy atom. The fraction of sp³-hybridized carbons (Fsp3) is 0.200. The van der Waals surface area contributed by atoms with E-state index in [9.17, 15) is 24.3 Å². The maximum Gasteiger partial charge on any atom is 0.320 e. The molecule has 11 heteroatoms. The standard InChI is InChI=1S/C25H27N5O5S/c26-13-16-6-8-18(9-7-16)19(12-23(32)33)29-21(31)15-27-24(34)20-10-11-22(36-20)30-25(35)28-14-17-4-2-1-3-5-17/h1-11,19H,12-15,26H2,(H,27,34)(H,29,31)(H,32,33)(H2,28,30,35). The molecule has 1 atom stereocenters. The number of urea groups is 1. The topological polar surface area (TPSA) is 163 Å². The average molecular weight is 510 g/mol. The lowest BCUT2D eigenvalue weighted by molar-refractivity contribution is -0.137. The number of carbonyl (C=O) groups is 4. The predicted molar refractivity (Wildman–Crippen MR) is 136 cm³/mol. The van der Waals surface area contributed by atoms with Gasteiger partial charge in [-0.3, -0.25) is 19.7 Å². The van der Waals surface area contributed by atoms with E-state index in [4.69, 9.17) is 5.73 Å². The van der Waals surface area contributed by atoms with Crippen LogP contribution in [0.3, 0.4) is 0 Å². The molecule has 0 bridgehead atoms. The summed E-state index contributed by atoms with van der Waals surface area (Å²) in [5.74, 6) is -2.10. The first kappa shape index (κ1) is 26.4. The third kappa shape index (κ3) is 8.22. The highest BCUT2D eigenvalue weighted by Gasteiger charge is 2.19. The summed E-state index contributed by atoms with van der Waals surface area (Å²) in [6.45, 7) is 0.370. The smallest absolute Gasteiger partial charge is 0.320 e. The van der Waals surface area contributed by atoms with E-state index in [2.05, 4.69) is 21.3 Å². The zero-order chi connectivity index (χ0) is 25.9. The number of thiophene rings is 1. The zero-order valence-corrected chi connectivity index (χ0v) is 20.1. The van der Waals surface area contributed by atoms with Crippen LogP contribution in [-0.2, 0) is 22.7 Å². The van der Waals surface area contributed by atoms with Crippen molar-refractivity contribution in [2.75, 3.05) is 11.9 Å². The molecular formula is C25H27N5O5S. The van der Waals surface area contributed by atoms with Crippen molar-refractivity contribution in [2.24, 2.45) is 5.73 Å². The molecule has 10 nitrogen and oxygen atoms in total. The van der Waals surface area contributed by atoms with Gasteiger partial charge in [-0.05, 0) is 28.8 Å². The Bertz CT molecular complexity index is 1200. The number of nitrogens with two attached hydrogens (primary N) is 1. The second kappa shape index (κ2) is 13.0. The largest absolute Gasteiger partial charge is 0.481 e. The number of carboxylic acids is 1. The lowest BCUT2D eigenvalue weighted by Gasteiger charge is -2.18. The summed E-state index contributed by atoms with van der Waals surface area (Å²) < 4.78 is 0. The quantitative estimate of drug-likeness (QED) is 0.233. The zero-order valence-electron chi connectivity index (χ0n) is 19.3. The van der Waals surface area contributed by atoms with Gasteiger partial charge in [0.15, 0.2) is 0 Å². The van der Waals surface area contributed by atoms with E-state index < -0.39 is 29.9 Å². The van der Waals surface area contributed by atoms with Crippen molar-refractivity contribution in [1.82, 2.24) is 16.0 Å². The molecule has 1 aromatic heterocycles. The molecule has 1 unspecified atom stereocenters. The van der Waals surface area contributed by atoms with Gasteiger partial charge >= 0.3 is 12.0 Å². The minimum Gasteiger partial charge on any atom is -0.481 e. The van der Waals surface area contributed by atoms with E-state index in [0.29, 0.717) is 28.5 Å². The molecule has 0 saturated heterocycles. The number of benzene rings is 2. The molecule has 4 amide bonds. The molecule has 7 N–H and O–H groups in total. The fourth-order valence-electron chi connectivity index (χ4n) is 3.27. The molecule has 0 aliphatic heterocycles. The van der Waals surface area contributed by atoms with Gasteiger partial charge in [-0.25, -0.2) is 4.79 Å². The Hall–Kier alpha value is -4.22. The number of hydrogen-bond acceptors (Lipinski definition) is 6. The summed E-state index contributed by atoms with van der Waals surface area (Å²) in [5, 5.41) is 20.2. The Labute approximate surface area is 211 Å². The molecule has 0 aliphatic rings. The highest BCUT2D eigenvalue weighted by Crippen LogP contribution is 2.22. The number of hydrogen-bond donors (Lipinski definition) is 6. The molecule has 0 aliphatic carbocycles. The summed E-state index contributed by atoms with van der Waals surface area (Å²) in [6, 6.07) is 18.4. The number of rotatable bonds is 11. The summed E-state index contributed by atoms with van der Waals surface area (Å²) >= 11 is 1.06. The van der Waals surface area contributed by atoms with Gasteiger partial charge in [0.2, 0.25) is 5.91 Å². The van der Waals surface area contributed by atoms with E-state index in [1.807, 2.05) is 30.3 Å². The summed E-state index contributed by atoms with van der Waals surface area (Å²) in [6.07, 6.45) is -0.312. The van der Waals surface area contributed by atoms with Gasteiger partial charge in [-0.2, -0.15) is 0 Å². The number of amides is 4. The number of carbonyl (C=O) groups excluding carboxylic acids is 3. The van der Waals surface area contributed by atoms with Crippen molar-refractivity contribution >= 4 is 40.2 Å². The highest BCUT2D eigenvalue weighted by molar-refractivity contribution is 7.18. The summed E-state index contributed by atoms with van der Waals surface area (Å²) in [4.78, 5) is 48.5. The van der Waals surface area contributed by atoms with Gasteiger partial charge in [-0.15, -0.1) is 11.3 Å². The third-order valence-electron chi connectivity index (χ3n) is 5.10. The fourth-order valence-corrected chi connectivity index (χ4v) is 4.08.